The van der Waals surface area contributed by atoms with Gasteiger partial charge in [-0.15, -0.1) is 0 Å². The Bertz CT molecular complexity index is 336. The summed E-state index contributed by atoms with van der Waals surface area (Å²) in [6.45, 7) is 3.31. The maximum atomic E-state index is 11.6. The van der Waals surface area contributed by atoms with E-state index in [0.717, 1.165) is 12.0 Å². The van der Waals surface area contributed by atoms with Crippen molar-refractivity contribution in [3.63, 3.8) is 0 Å². The first-order chi connectivity index (χ1) is 7.74. The van der Waals surface area contributed by atoms with Gasteiger partial charge in [0.25, 0.3) is 0 Å². The fraction of sp³-hybridized carbons (Fsp3) is 0.462. The number of carbonyl (C=O) groups excluding carboxylic acids is 1. The highest BCUT2D eigenvalue weighted by Crippen LogP contribution is 2.16. The standard InChI is InChI=1S/C13H17ClO2/c1-2-16-9-5-7-12(15)10-11-6-3-4-8-13(11)14/h3-4,6,8H,2,5,7,9-10H2,1H3. The molecule has 0 atom stereocenters. The number of halogens is 1. The molecule has 1 aromatic rings. The predicted molar refractivity (Wildman–Crippen MR) is 65.9 cm³/mol. The van der Waals surface area contributed by atoms with Crippen molar-refractivity contribution >= 4 is 17.4 Å². The molecule has 0 amide bonds. The number of benzene rings is 1. The Hall–Kier alpha value is -0.860. The van der Waals surface area contributed by atoms with Crippen LogP contribution in [0, 0.1) is 0 Å². The number of rotatable bonds is 7. The van der Waals surface area contributed by atoms with Crippen molar-refractivity contribution in [2.24, 2.45) is 0 Å². The Labute approximate surface area is 102 Å². The third-order valence-electron chi connectivity index (χ3n) is 2.29. The summed E-state index contributed by atoms with van der Waals surface area (Å²) in [6, 6.07) is 7.47. The van der Waals surface area contributed by atoms with Gasteiger partial charge in [-0.05, 0) is 25.0 Å². The van der Waals surface area contributed by atoms with Gasteiger partial charge in [0.2, 0.25) is 0 Å². The molecule has 2 nitrogen and oxygen atoms in total. The highest BCUT2D eigenvalue weighted by atomic mass is 35.5. The molecule has 0 saturated carbocycles. The van der Waals surface area contributed by atoms with Crippen LogP contribution < -0.4 is 0 Å². The van der Waals surface area contributed by atoms with Gasteiger partial charge in [-0.2, -0.15) is 0 Å². The first kappa shape index (κ1) is 13.2. The van der Waals surface area contributed by atoms with Crippen molar-refractivity contribution in [1.29, 1.82) is 0 Å². The number of ketones is 1. The van der Waals surface area contributed by atoms with E-state index < -0.39 is 0 Å². The molecule has 0 aliphatic heterocycles. The molecule has 88 valence electrons. The van der Waals surface area contributed by atoms with Gasteiger partial charge in [-0.3, -0.25) is 4.79 Å². The largest absolute Gasteiger partial charge is 0.382 e. The molecule has 0 spiro atoms. The van der Waals surface area contributed by atoms with E-state index in [-0.39, 0.29) is 5.78 Å². The van der Waals surface area contributed by atoms with Crippen LogP contribution >= 0.6 is 11.6 Å². The van der Waals surface area contributed by atoms with Crippen LogP contribution in [-0.4, -0.2) is 19.0 Å². The van der Waals surface area contributed by atoms with E-state index in [1.165, 1.54) is 0 Å². The van der Waals surface area contributed by atoms with Crippen molar-refractivity contribution in [3.05, 3.63) is 34.9 Å². The van der Waals surface area contributed by atoms with Gasteiger partial charge < -0.3 is 4.74 Å². The van der Waals surface area contributed by atoms with Crippen LogP contribution in [0.1, 0.15) is 25.3 Å². The van der Waals surface area contributed by atoms with E-state index in [9.17, 15) is 4.79 Å². The smallest absolute Gasteiger partial charge is 0.137 e. The minimum absolute atomic E-state index is 0.216. The van der Waals surface area contributed by atoms with Gasteiger partial charge in [-0.25, -0.2) is 0 Å². The van der Waals surface area contributed by atoms with Gasteiger partial charge in [0.05, 0.1) is 0 Å². The average Bonchev–Trinajstić information content (AvgIpc) is 2.28. The lowest BCUT2D eigenvalue weighted by molar-refractivity contribution is -0.118. The molecule has 1 rings (SSSR count). The van der Waals surface area contributed by atoms with Crippen molar-refractivity contribution in [1.82, 2.24) is 0 Å². The van der Waals surface area contributed by atoms with E-state index in [1.54, 1.807) is 0 Å². The highest BCUT2D eigenvalue weighted by Gasteiger charge is 2.06. The number of Topliss-reactive ketones (excluding diaryl/α,β-unsaturated/α-hetero) is 1. The molecule has 0 bridgehead atoms. The summed E-state index contributed by atoms with van der Waals surface area (Å²) < 4.78 is 5.18. The third kappa shape index (κ3) is 4.77. The van der Waals surface area contributed by atoms with E-state index in [4.69, 9.17) is 16.3 Å². The minimum Gasteiger partial charge on any atom is -0.382 e. The summed E-state index contributed by atoms with van der Waals surface area (Å²) >= 11 is 5.98. The second-order valence-corrected chi connectivity index (χ2v) is 4.01. The lowest BCUT2D eigenvalue weighted by atomic mass is 10.1. The Morgan fingerprint density at radius 2 is 2.12 bits per heavy atom. The first-order valence-corrected chi connectivity index (χ1v) is 5.94. The molecular formula is C13H17ClO2. The monoisotopic (exact) mass is 240 g/mol. The Morgan fingerprint density at radius 3 is 2.81 bits per heavy atom. The molecule has 0 unspecified atom stereocenters. The normalized spacial score (nSPS) is 10.4. The van der Waals surface area contributed by atoms with Crippen LogP contribution in [0.15, 0.2) is 24.3 Å². The average molecular weight is 241 g/mol. The molecule has 0 radical (unpaired) electrons. The Morgan fingerprint density at radius 1 is 1.38 bits per heavy atom. The quantitative estimate of drug-likeness (QED) is 0.684. The van der Waals surface area contributed by atoms with Crippen LogP contribution in [-0.2, 0) is 16.0 Å². The van der Waals surface area contributed by atoms with Gasteiger partial charge in [0.1, 0.15) is 5.78 Å². The summed E-state index contributed by atoms with van der Waals surface area (Å²) in [5.74, 6) is 0.216. The molecule has 0 aromatic heterocycles. The molecule has 16 heavy (non-hydrogen) atoms. The molecule has 0 aliphatic carbocycles. The van der Waals surface area contributed by atoms with Crippen molar-refractivity contribution in [3.8, 4) is 0 Å². The van der Waals surface area contributed by atoms with E-state index in [1.807, 2.05) is 31.2 Å². The van der Waals surface area contributed by atoms with E-state index in [0.29, 0.717) is 31.1 Å². The SMILES string of the molecule is CCOCCCC(=O)Cc1ccccc1Cl. The maximum Gasteiger partial charge on any atom is 0.137 e. The number of ether oxygens (including phenoxy) is 1. The number of carbonyl (C=O) groups is 1. The lowest BCUT2D eigenvalue weighted by Gasteiger charge is -2.03. The molecule has 3 heteroatoms. The van der Waals surface area contributed by atoms with Crippen LogP contribution in [0.5, 0.6) is 0 Å². The van der Waals surface area contributed by atoms with E-state index >= 15 is 0 Å². The molecule has 0 N–H and O–H groups in total. The second kappa shape index (κ2) is 7.42. The fourth-order valence-corrected chi connectivity index (χ4v) is 1.66. The molecule has 0 aliphatic rings. The number of hydrogen-bond donors (Lipinski definition) is 0. The summed E-state index contributed by atoms with van der Waals surface area (Å²) in [5, 5.41) is 0.667. The van der Waals surface area contributed by atoms with Crippen LogP contribution in [0.2, 0.25) is 5.02 Å². The summed E-state index contributed by atoms with van der Waals surface area (Å²) in [6.07, 6.45) is 1.77. The van der Waals surface area contributed by atoms with E-state index in [2.05, 4.69) is 0 Å². The first-order valence-electron chi connectivity index (χ1n) is 5.57. The van der Waals surface area contributed by atoms with Crippen LogP contribution in [0.4, 0.5) is 0 Å². The molecule has 0 fully saturated rings. The Balaban J connectivity index is 2.32. The summed E-state index contributed by atoms with van der Waals surface area (Å²) in [5.41, 5.74) is 0.908. The Kier molecular flexibility index (Phi) is 6.12. The molecule has 0 heterocycles. The molecule has 1 aromatic carbocycles. The third-order valence-corrected chi connectivity index (χ3v) is 2.66. The summed E-state index contributed by atoms with van der Waals surface area (Å²) in [4.78, 5) is 11.6. The predicted octanol–water partition coefficient (Wildman–Crippen LogP) is 3.27. The zero-order chi connectivity index (χ0) is 11.8. The van der Waals surface area contributed by atoms with Gasteiger partial charge in [0.15, 0.2) is 0 Å². The highest BCUT2D eigenvalue weighted by molar-refractivity contribution is 6.31. The van der Waals surface area contributed by atoms with Gasteiger partial charge >= 0.3 is 0 Å². The minimum atomic E-state index is 0.216. The summed E-state index contributed by atoms with van der Waals surface area (Å²) in [7, 11) is 0. The van der Waals surface area contributed by atoms with Crippen LogP contribution in [0.3, 0.4) is 0 Å². The molecular weight excluding hydrogens is 224 g/mol. The van der Waals surface area contributed by atoms with Crippen molar-refractivity contribution in [2.45, 2.75) is 26.2 Å². The number of hydrogen-bond acceptors (Lipinski definition) is 2. The van der Waals surface area contributed by atoms with Crippen LogP contribution in [0.25, 0.3) is 0 Å². The van der Waals surface area contributed by atoms with Gasteiger partial charge in [0, 0.05) is 31.1 Å². The van der Waals surface area contributed by atoms with Crippen molar-refractivity contribution < 1.29 is 9.53 Å². The molecule has 0 saturated heterocycles. The second-order valence-electron chi connectivity index (χ2n) is 3.61. The lowest BCUT2D eigenvalue weighted by Crippen LogP contribution is -2.05. The zero-order valence-electron chi connectivity index (χ0n) is 9.54. The van der Waals surface area contributed by atoms with Gasteiger partial charge in [-0.1, -0.05) is 29.8 Å². The topological polar surface area (TPSA) is 26.3 Å². The zero-order valence-corrected chi connectivity index (χ0v) is 10.3. The fourth-order valence-electron chi connectivity index (χ4n) is 1.46. The van der Waals surface area contributed by atoms with Crippen molar-refractivity contribution in [2.75, 3.05) is 13.2 Å². The maximum absolute atomic E-state index is 11.6.